The van der Waals surface area contributed by atoms with Gasteiger partial charge in [0.2, 0.25) is 0 Å². The number of carboxylic acids is 1. The van der Waals surface area contributed by atoms with E-state index in [2.05, 4.69) is 15.9 Å². The monoisotopic (exact) mass is 288 g/mol. The molecule has 0 radical (unpaired) electrons. The van der Waals surface area contributed by atoms with Gasteiger partial charge in [0.1, 0.15) is 0 Å². The van der Waals surface area contributed by atoms with E-state index in [9.17, 15) is 9.90 Å². The van der Waals surface area contributed by atoms with Crippen LogP contribution in [0.15, 0.2) is 16.6 Å². The summed E-state index contributed by atoms with van der Waals surface area (Å²) in [5, 5.41) is 18.6. The van der Waals surface area contributed by atoms with Crippen LogP contribution >= 0.6 is 15.9 Å². The lowest BCUT2D eigenvalue weighted by molar-refractivity contribution is -0.141. The zero-order chi connectivity index (χ0) is 12.3. The van der Waals surface area contributed by atoms with Gasteiger partial charge >= 0.3 is 5.97 Å². The van der Waals surface area contributed by atoms with E-state index in [0.29, 0.717) is 11.3 Å². The minimum atomic E-state index is -0.890. The first-order chi connectivity index (χ1) is 7.45. The molecule has 0 aliphatic rings. The molecule has 1 rings (SSSR count). The second-order valence-electron chi connectivity index (χ2n) is 3.56. The number of halogens is 1. The van der Waals surface area contributed by atoms with Crippen LogP contribution < -0.4 is 4.74 Å². The SMILES string of the molecule is COc1cc(Br)cc(CC(C)C(=O)O)c1O. The van der Waals surface area contributed by atoms with Gasteiger partial charge in [-0.2, -0.15) is 0 Å². The van der Waals surface area contributed by atoms with Crippen LogP contribution in [0.25, 0.3) is 0 Å². The molecule has 16 heavy (non-hydrogen) atoms. The third-order valence-corrected chi connectivity index (χ3v) is 2.74. The summed E-state index contributed by atoms with van der Waals surface area (Å²) in [4.78, 5) is 10.7. The zero-order valence-corrected chi connectivity index (χ0v) is 10.6. The lowest BCUT2D eigenvalue weighted by Gasteiger charge is -2.11. The Balaban J connectivity index is 3.04. The van der Waals surface area contributed by atoms with Gasteiger partial charge in [0, 0.05) is 4.47 Å². The van der Waals surface area contributed by atoms with Crippen molar-refractivity contribution in [1.29, 1.82) is 0 Å². The Bertz CT molecular complexity index is 403. The van der Waals surface area contributed by atoms with Crippen LogP contribution in [-0.4, -0.2) is 23.3 Å². The standard InChI is InChI=1S/C11H13BrO4/c1-6(11(14)15)3-7-4-8(12)5-9(16-2)10(7)13/h4-6,13H,3H2,1-2H3,(H,14,15). The Morgan fingerprint density at radius 2 is 2.19 bits per heavy atom. The van der Waals surface area contributed by atoms with Gasteiger partial charge in [-0.1, -0.05) is 22.9 Å². The highest BCUT2D eigenvalue weighted by atomic mass is 79.9. The van der Waals surface area contributed by atoms with Crippen LogP contribution in [0.2, 0.25) is 0 Å². The molecule has 0 fully saturated rings. The summed E-state index contributed by atoms with van der Waals surface area (Å²) in [7, 11) is 1.45. The third kappa shape index (κ3) is 2.88. The minimum absolute atomic E-state index is 0.00111. The topological polar surface area (TPSA) is 66.8 Å². The van der Waals surface area contributed by atoms with E-state index in [1.807, 2.05) is 0 Å². The van der Waals surface area contributed by atoms with Crippen molar-refractivity contribution in [2.24, 2.45) is 5.92 Å². The molecule has 5 heteroatoms. The number of rotatable bonds is 4. The normalized spacial score (nSPS) is 12.2. The van der Waals surface area contributed by atoms with Gasteiger partial charge in [-0.25, -0.2) is 0 Å². The van der Waals surface area contributed by atoms with Crippen LogP contribution in [-0.2, 0) is 11.2 Å². The number of hydrogen-bond donors (Lipinski definition) is 2. The zero-order valence-electron chi connectivity index (χ0n) is 9.03. The summed E-state index contributed by atoms with van der Waals surface area (Å²) < 4.78 is 5.73. The van der Waals surface area contributed by atoms with Gasteiger partial charge in [-0.05, 0) is 24.1 Å². The summed E-state index contributed by atoms with van der Waals surface area (Å²) in [5.41, 5.74) is 0.557. The number of methoxy groups -OCH3 is 1. The van der Waals surface area contributed by atoms with Crippen molar-refractivity contribution in [3.8, 4) is 11.5 Å². The van der Waals surface area contributed by atoms with Crippen molar-refractivity contribution in [3.05, 3.63) is 22.2 Å². The predicted octanol–water partition coefficient (Wildman–Crippen LogP) is 2.43. The fourth-order valence-electron chi connectivity index (χ4n) is 1.36. The fraction of sp³-hybridized carbons (Fsp3) is 0.364. The van der Waals surface area contributed by atoms with E-state index < -0.39 is 11.9 Å². The van der Waals surface area contributed by atoms with Crippen LogP contribution in [0.3, 0.4) is 0 Å². The molecule has 1 aromatic rings. The Labute approximate surface area is 102 Å². The molecule has 0 saturated heterocycles. The van der Waals surface area contributed by atoms with E-state index in [4.69, 9.17) is 9.84 Å². The van der Waals surface area contributed by atoms with E-state index in [1.54, 1.807) is 19.1 Å². The number of aliphatic carboxylic acids is 1. The predicted molar refractivity (Wildman–Crippen MR) is 62.9 cm³/mol. The molecule has 2 N–H and O–H groups in total. The van der Waals surface area contributed by atoms with E-state index in [-0.39, 0.29) is 12.2 Å². The molecule has 88 valence electrons. The molecule has 0 aliphatic heterocycles. The van der Waals surface area contributed by atoms with Gasteiger partial charge in [-0.15, -0.1) is 0 Å². The Hall–Kier alpha value is -1.23. The maximum Gasteiger partial charge on any atom is 0.306 e. The largest absolute Gasteiger partial charge is 0.504 e. The van der Waals surface area contributed by atoms with Gasteiger partial charge in [-0.3, -0.25) is 4.79 Å². The van der Waals surface area contributed by atoms with Crippen LogP contribution in [0.5, 0.6) is 11.5 Å². The van der Waals surface area contributed by atoms with Crippen molar-refractivity contribution in [3.63, 3.8) is 0 Å². The molecule has 1 unspecified atom stereocenters. The quantitative estimate of drug-likeness (QED) is 0.893. The van der Waals surface area contributed by atoms with Crippen molar-refractivity contribution >= 4 is 21.9 Å². The summed E-state index contributed by atoms with van der Waals surface area (Å²) >= 11 is 3.28. The lowest BCUT2D eigenvalue weighted by atomic mass is 10.0. The first-order valence-electron chi connectivity index (χ1n) is 4.74. The molecule has 4 nitrogen and oxygen atoms in total. The summed E-state index contributed by atoms with van der Waals surface area (Å²) in [6.45, 7) is 1.59. The number of phenolic OH excluding ortho intramolecular Hbond substituents is 1. The average Bonchev–Trinajstić information content (AvgIpc) is 2.22. The highest BCUT2D eigenvalue weighted by Gasteiger charge is 2.16. The molecule has 0 saturated carbocycles. The molecule has 0 heterocycles. The molecule has 0 amide bonds. The number of benzene rings is 1. The molecular formula is C11H13BrO4. The Morgan fingerprint density at radius 1 is 1.56 bits per heavy atom. The van der Waals surface area contributed by atoms with Crippen molar-refractivity contribution in [1.82, 2.24) is 0 Å². The van der Waals surface area contributed by atoms with E-state index in [0.717, 1.165) is 4.47 Å². The fourth-order valence-corrected chi connectivity index (χ4v) is 1.84. The molecule has 1 atom stereocenters. The van der Waals surface area contributed by atoms with Crippen LogP contribution in [0.4, 0.5) is 0 Å². The Morgan fingerprint density at radius 3 is 2.69 bits per heavy atom. The highest BCUT2D eigenvalue weighted by molar-refractivity contribution is 9.10. The van der Waals surface area contributed by atoms with Gasteiger partial charge in [0.25, 0.3) is 0 Å². The van der Waals surface area contributed by atoms with Crippen LogP contribution in [0.1, 0.15) is 12.5 Å². The van der Waals surface area contributed by atoms with Crippen LogP contribution in [0, 0.1) is 5.92 Å². The molecule has 0 spiro atoms. The first-order valence-corrected chi connectivity index (χ1v) is 5.53. The number of phenols is 1. The van der Waals surface area contributed by atoms with Crippen molar-refractivity contribution in [2.75, 3.05) is 7.11 Å². The average molecular weight is 289 g/mol. The van der Waals surface area contributed by atoms with E-state index >= 15 is 0 Å². The molecule has 0 aliphatic carbocycles. The van der Waals surface area contributed by atoms with E-state index in [1.165, 1.54) is 7.11 Å². The third-order valence-electron chi connectivity index (χ3n) is 2.29. The molecule has 1 aromatic carbocycles. The van der Waals surface area contributed by atoms with Gasteiger partial charge in [0.05, 0.1) is 13.0 Å². The summed E-state index contributed by atoms with van der Waals surface area (Å²) in [5.74, 6) is -1.11. The smallest absolute Gasteiger partial charge is 0.306 e. The summed E-state index contributed by atoms with van der Waals surface area (Å²) in [6.07, 6.45) is 0.261. The minimum Gasteiger partial charge on any atom is -0.504 e. The maximum atomic E-state index is 10.7. The number of carboxylic acid groups (broad SMARTS) is 1. The number of hydrogen-bond acceptors (Lipinski definition) is 3. The summed E-state index contributed by atoms with van der Waals surface area (Å²) in [6, 6.07) is 3.32. The number of carbonyl (C=O) groups is 1. The number of aromatic hydroxyl groups is 1. The van der Waals surface area contributed by atoms with Gasteiger partial charge < -0.3 is 14.9 Å². The number of ether oxygens (including phenoxy) is 1. The highest BCUT2D eigenvalue weighted by Crippen LogP contribution is 2.34. The molecule has 0 bridgehead atoms. The van der Waals surface area contributed by atoms with Crippen molar-refractivity contribution < 1.29 is 19.7 Å². The molecular weight excluding hydrogens is 276 g/mol. The first kappa shape index (κ1) is 12.8. The Kier molecular flexibility index (Phi) is 4.18. The lowest BCUT2D eigenvalue weighted by Crippen LogP contribution is -2.12. The second kappa shape index (κ2) is 5.21. The van der Waals surface area contributed by atoms with Crippen molar-refractivity contribution in [2.45, 2.75) is 13.3 Å². The maximum absolute atomic E-state index is 10.7. The second-order valence-corrected chi connectivity index (χ2v) is 4.47. The molecule has 0 aromatic heterocycles. The van der Waals surface area contributed by atoms with Gasteiger partial charge in [0.15, 0.2) is 11.5 Å².